The van der Waals surface area contributed by atoms with Crippen LogP contribution in [0.25, 0.3) is 22.2 Å². The molecule has 0 spiro atoms. The number of carbonyl (C=O) groups excluding carboxylic acids is 1. The zero-order valence-corrected chi connectivity index (χ0v) is 21.2. The number of aromatic nitrogens is 3. The van der Waals surface area contributed by atoms with E-state index in [2.05, 4.69) is 37.8 Å². The first-order chi connectivity index (χ1) is 18.1. The van der Waals surface area contributed by atoms with Gasteiger partial charge in [0.05, 0.1) is 17.5 Å². The van der Waals surface area contributed by atoms with E-state index in [0.717, 1.165) is 86.1 Å². The number of benzene rings is 1. The number of carbonyl (C=O) groups is 1. The molecule has 2 aliphatic heterocycles. The van der Waals surface area contributed by atoms with Crippen LogP contribution in [0.5, 0.6) is 5.75 Å². The first kappa shape index (κ1) is 24.2. The van der Waals surface area contributed by atoms with Gasteiger partial charge in [-0.2, -0.15) is 0 Å². The van der Waals surface area contributed by atoms with Crippen molar-refractivity contribution in [1.29, 1.82) is 0 Å². The highest BCUT2D eigenvalue weighted by Crippen LogP contribution is 2.44. The summed E-state index contributed by atoms with van der Waals surface area (Å²) in [5.74, 6) is 1.65. The van der Waals surface area contributed by atoms with E-state index in [1.165, 1.54) is 6.42 Å². The Bertz CT molecular complexity index is 1260. The van der Waals surface area contributed by atoms with Crippen molar-refractivity contribution >= 4 is 22.8 Å². The zero-order valence-electron chi connectivity index (χ0n) is 21.2. The summed E-state index contributed by atoms with van der Waals surface area (Å²) in [6.07, 6.45) is 11.2. The Morgan fingerprint density at radius 2 is 2.05 bits per heavy atom. The van der Waals surface area contributed by atoms with Crippen molar-refractivity contribution in [3.8, 4) is 16.9 Å². The maximum absolute atomic E-state index is 11.8. The van der Waals surface area contributed by atoms with Crippen LogP contribution in [-0.4, -0.2) is 63.8 Å². The van der Waals surface area contributed by atoms with Gasteiger partial charge in [-0.1, -0.05) is 12.1 Å². The van der Waals surface area contributed by atoms with E-state index in [1.807, 2.05) is 12.1 Å². The lowest BCUT2D eigenvalue weighted by Crippen LogP contribution is -2.44. The Kier molecular flexibility index (Phi) is 6.73. The molecule has 3 aromatic rings. The van der Waals surface area contributed by atoms with E-state index in [0.29, 0.717) is 24.4 Å². The molecule has 6 rings (SSSR count). The number of fused-ring (bicyclic) bond motifs is 1. The van der Waals surface area contributed by atoms with Crippen molar-refractivity contribution in [3.05, 3.63) is 36.8 Å². The van der Waals surface area contributed by atoms with Gasteiger partial charge >= 0.3 is 0 Å². The van der Waals surface area contributed by atoms with Crippen molar-refractivity contribution in [3.63, 3.8) is 0 Å². The molecule has 1 saturated carbocycles. The van der Waals surface area contributed by atoms with E-state index in [4.69, 9.17) is 20.9 Å². The lowest BCUT2D eigenvalue weighted by Gasteiger charge is -2.39. The first-order valence-corrected chi connectivity index (χ1v) is 13.6. The molecule has 3 fully saturated rings. The van der Waals surface area contributed by atoms with Gasteiger partial charge in [-0.05, 0) is 75.1 Å². The smallest absolute Gasteiger partial charge is 0.234 e. The number of hydrogen-bond donors (Lipinski definition) is 2. The van der Waals surface area contributed by atoms with Gasteiger partial charge < -0.3 is 25.5 Å². The maximum atomic E-state index is 11.8. The number of anilines is 1. The SMILES string of the molecule is NC(=O)[C@@H]1CCCN1C[C@H]1C[C@@H](n2cc(-c3cccc(OCC4CCCCO4)c3)c3c(N)ncnc32)C1. The monoisotopic (exact) mass is 504 g/mol. The first-order valence-electron chi connectivity index (χ1n) is 13.6. The lowest BCUT2D eigenvalue weighted by atomic mass is 9.79. The molecule has 1 aromatic carbocycles. The van der Waals surface area contributed by atoms with Gasteiger partial charge in [0.25, 0.3) is 0 Å². The average Bonchev–Trinajstić information content (AvgIpc) is 3.51. The Labute approximate surface area is 217 Å². The van der Waals surface area contributed by atoms with Crippen LogP contribution in [0.1, 0.15) is 51.0 Å². The third-order valence-corrected chi connectivity index (χ3v) is 8.28. The third kappa shape index (κ3) is 4.90. The number of amides is 1. The molecule has 3 aliphatic rings. The van der Waals surface area contributed by atoms with E-state index in [-0.39, 0.29) is 18.1 Å². The zero-order chi connectivity index (χ0) is 25.4. The van der Waals surface area contributed by atoms with Crippen LogP contribution in [0, 0.1) is 5.92 Å². The molecular weight excluding hydrogens is 468 g/mol. The molecule has 1 aliphatic carbocycles. The molecule has 4 heterocycles. The second kappa shape index (κ2) is 10.3. The van der Waals surface area contributed by atoms with Crippen molar-refractivity contribution in [2.24, 2.45) is 11.7 Å². The molecule has 37 heavy (non-hydrogen) atoms. The number of hydrogen-bond acceptors (Lipinski definition) is 7. The minimum Gasteiger partial charge on any atom is -0.491 e. The molecule has 196 valence electrons. The largest absolute Gasteiger partial charge is 0.491 e. The van der Waals surface area contributed by atoms with Crippen LogP contribution in [0.3, 0.4) is 0 Å². The predicted molar refractivity (Wildman–Crippen MR) is 142 cm³/mol. The number of rotatable bonds is 8. The lowest BCUT2D eigenvalue weighted by molar-refractivity contribution is -0.122. The van der Waals surface area contributed by atoms with Crippen LogP contribution in [0.15, 0.2) is 36.8 Å². The maximum Gasteiger partial charge on any atom is 0.234 e. The molecule has 1 amide bonds. The standard InChI is InChI=1S/C28H36N6O3/c29-26-25-23(19-5-3-7-21(13-19)37-16-22-6-1-2-10-36-22)15-34(28(25)32-17-31-26)20-11-18(12-20)14-33-9-4-8-24(33)27(30)35/h3,5,7,13,15,17-18,20,22,24H,1-2,4,6,8-12,14,16H2,(H2,30,35)(H2,29,31,32)/t18-,20+,22?,24-/m0/s1. The highest BCUT2D eigenvalue weighted by Gasteiger charge is 2.37. The van der Waals surface area contributed by atoms with Gasteiger partial charge in [0.2, 0.25) is 5.91 Å². The molecule has 4 N–H and O–H groups in total. The summed E-state index contributed by atoms with van der Waals surface area (Å²) < 4.78 is 14.2. The summed E-state index contributed by atoms with van der Waals surface area (Å²) in [7, 11) is 0. The fourth-order valence-corrected chi connectivity index (χ4v) is 6.26. The van der Waals surface area contributed by atoms with E-state index >= 15 is 0 Å². The third-order valence-electron chi connectivity index (χ3n) is 8.28. The number of primary amides is 1. The number of nitrogen functional groups attached to an aromatic ring is 1. The van der Waals surface area contributed by atoms with Gasteiger partial charge in [-0.25, -0.2) is 9.97 Å². The van der Waals surface area contributed by atoms with Crippen LogP contribution >= 0.6 is 0 Å². The predicted octanol–water partition coefficient (Wildman–Crippen LogP) is 3.53. The summed E-state index contributed by atoms with van der Waals surface area (Å²) in [5.41, 5.74) is 14.9. The highest BCUT2D eigenvalue weighted by atomic mass is 16.5. The van der Waals surface area contributed by atoms with Crippen LogP contribution in [-0.2, 0) is 9.53 Å². The average molecular weight is 505 g/mol. The quantitative estimate of drug-likeness (QED) is 0.481. The molecular formula is C28H36N6O3. The Morgan fingerprint density at radius 3 is 2.86 bits per heavy atom. The second-order valence-corrected chi connectivity index (χ2v) is 10.8. The summed E-state index contributed by atoms with van der Waals surface area (Å²) in [5, 5.41) is 0.882. The Balaban J connectivity index is 1.20. The number of nitrogens with zero attached hydrogens (tertiary/aromatic N) is 4. The number of ether oxygens (including phenoxy) is 2. The van der Waals surface area contributed by atoms with Crippen molar-refractivity contribution in [1.82, 2.24) is 19.4 Å². The molecule has 0 bridgehead atoms. The highest BCUT2D eigenvalue weighted by molar-refractivity contribution is 6.00. The van der Waals surface area contributed by atoms with Crippen LogP contribution < -0.4 is 16.2 Å². The van der Waals surface area contributed by atoms with Gasteiger partial charge in [-0.15, -0.1) is 0 Å². The van der Waals surface area contributed by atoms with Gasteiger partial charge in [0.1, 0.15) is 30.1 Å². The Morgan fingerprint density at radius 1 is 1.16 bits per heavy atom. The fraction of sp³-hybridized carbons (Fsp3) is 0.536. The van der Waals surface area contributed by atoms with Crippen molar-refractivity contribution < 1.29 is 14.3 Å². The van der Waals surface area contributed by atoms with Crippen molar-refractivity contribution in [2.45, 2.75) is 63.1 Å². The molecule has 9 heteroatoms. The van der Waals surface area contributed by atoms with Crippen LogP contribution in [0.4, 0.5) is 5.82 Å². The molecule has 1 unspecified atom stereocenters. The summed E-state index contributed by atoms with van der Waals surface area (Å²) >= 11 is 0. The van der Waals surface area contributed by atoms with E-state index in [9.17, 15) is 4.79 Å². The van der Waals surface area contributed by atoms with E-state index in [1.54, 1.807) is 6.33 Å². The van der Waals surface area contributed by atoms with Gasteiger partial charge in [0, 0.05) is 31.0 Å². The molecule has 9 nitrogen and oxygen atoms in total. The minimum absolute atomic E-state index is 0.107. The summed E-state index contributed by atoms with van der Waals surface area (Å²) in [6, 6.07) is 8.38. The Hall–Kier alpha value is -3.17. The topological polar surface area (TPSA) is 122 Å². The summed E-state index contributed by atoms with van der Waals surface area (Å²) in [4.78, 5) is 23.0. The van der Waals surface area contributed by atoms with Crippen LogP contribution in [0.2, 0.25) is 0 Å². The molecule has 2 aromatic heterocycles. The minimum atomic E-state index is -0.195. The second-order valence-electron chi connectivity index (χ2n) is 10.8. The van der Waals surface area contributed by atoms with E-state index < -0.39 is 0 Å². The molecule has 0 radical (unpaired) electrons. The van der Waals surface area contributed by atoms with Gasteiger partial charge in [0.15, 0.2) is 0 Å². The number of likely N-dealkylation sites (tertiary alicyclic amines) is 1. The summed E-state index contributed by atoms with van der Waals surface area (Å²) in [6.45, 7) is 3.27. The molecule has 2 saturated heterocycles. The molecule has 2 atom stereocenters. The van der Waals surface area contributed by atoms with Gasteiger partial charge in [-0.3, -0.25) is 9.69 Å². The normalized spacial score (nSPS) is 26.3. The fourth-order valence-electron chi connectivity index (χ4n) is 6.26. The number of nitrogens with two attached hydrogens (primary N) is 2. The van der Waals surface area contributed by atoms with Crippen molar-refractivity contribution in [2.75, 3.05) is 32.0 Å².